The lowest BCUT2D eigenvalue weighted by Crippen LogP contribution is -2.47. The topological polar surface area (TPSA) is 75.7 Å². The molecule has 0 bridgehead atoms. The van der Waals surface area contributed by atoms with Crippen molar-refractivity contribution < 1.29 is 19.1 Å². The average molecular weight is 360 g/mol. The zero-order valence-electron chi connectivity index (χ0n) is 15.8. The first kappa shape index (κ1) is 19.9. The van der Waals surface area contributed by atoms with E-state index in [2.05, 4.69) is 5.32 Å². The SMILES string of the molecule is CC(=O)CCC(=O)NC1CCN(C(=O)COc2ccc(C)cc2C)CC1. The molecule has 142 valence electrons. The maximum absolute atomic E-state index is 12.3. The first-order valence-electron chi connectivity index (χ1n) is 9.12. The summed E-state index contributed by atoms with van der Waals surface area (Å²) in [5.74, 6) is 0.621. The monoisotopic (exact) mass is 360 g/mol. The third-order valence-corrected chi connectivity index (χ3v) is 4.60. The number of likely N-dealkylation sites (tertiary alicyclic amines) is 1. The first-order valence-corrected chi connectivity index (χ1v) is 9.12. The Balaban J connectivity index is 1.72. The van der Waals surface area contributed by atoms with Crippen molar-refractivity contribution in [3.8, 4) is 5.75 Å². The smallest absolute Gasteiger partial charge is 0.260 e. The highest BCUT2D eigenvalue weighted by Crippen LogP contribution is 2.19. The third kappa shape index (κ3) is 6.17. The fourth-order valence-electron chi connectivity index (χ4n) is 3.05. The van der Waals surface area contributed by atoms with Crippen molar-refractivity contribution in [1.82, 2.24) is 10.2 Å². The lowest BCUT2D eigenvalue weighted by atomic mass is 10.0. The number of carbonyl (C=O) groups is 3. The molecule has 0 spiro atoms. The number of piperidine rings is 1. The molecule has 6 nitrogen and oxygen atoms in total. The van der Waals surface area contributed by atoms with Gasteiger partial charge in [0.05, 0.1) is 0 Å². The molecule has 1 aliphatic rings. The predicted octanol–water partition coefficient (Wildman–Crippen LogP) is 2.16. The van der Waals surface area contributed by atoms with Crippen LogP contribution in [0.3, 0.4) is 0 Å². The molecule has 0 aliphatic carbocycles. The van der Waals surface area contributed by atoms with E-state index in [9.17, 15) is 14.4 Å². The van der Waals surface area contributed by atoms with Gasteiger partial charge in [-0.2, -0.15) is 0 Å². The van der Waals surface area contributed by atoms with Crippen molar-refractivity contribution in [2.75, 3.05) is 19.7 Å². The maximum Gasteiger partial charge on any atom is 0.260 e. The molecule has 1 saturated heterocycles. The number of nitrogens with zero attached hydrogens (tertiary/aromatic N) is 1. The van der Waals surface area contributed by atoms with Crippen molar-refractivity contribution in [2.45, 2.75) is 52.5 Å². The molecule has 0 saturated carbocycles. The maximum atomic E-state index is 12.3. The fraction of sp³-hybridized carbons (Fsp3) is 0.550. The van der Waals surface area contributed by atoms with Crippen LogP contribution in [0.2, 0.25) is 0 Å². The Morgan fingerprint density at radius 2 is 1.85 bits per heavy atom. The molecule has 1 fully saturated rings. The molecule has 0 unspecified atom stereocenters. The summed E-state index contributed by atoms with van der Waals surface area (Å²) in [6.07, 6.45) is 1.96. The number of hydrogen-bond acceptors (Lipinski definition) is 4. The van der Waals surface area contributed by atoms with E-state index in [-0.39, 0.29) is 43.1 Å². The second kappa shape index (κ2) is 9.36. The van der Waals surface area contributed by atoms with Crippen molar-refractivity contribution in [2.24, 2.45) is 0 Å². The minimum Gasteiger partial charge on any atom is -0.484 e. The van der Waals surface area contributed by atoms with Gasteiger partial charge in [0.15, 0.2) is 6.61 Å². The van der Waals surface area contributed by atoms with E-state index in [4.69, 9.17) is 4.74 Å². The Labute approximate surface area is 154 Å². The van der Waals surface area contributed by atoms with E-state index in [1.807, 2.05) is 32.0 Å². The van der Waals surface area contributed by atoms with Gasteiger partial charge in [-0.05, 0) is 45.2 Å². The molecule has 2 amide bonds. The molecule has 26 heavy (non-hydrogen) atoms. The third-order valence-electron chi connectivity index (χ3n) is 4.60. The highest BCUT2D eigenvalue weighted by molar-refractivity contribution is 5.83. The van der Waals surface area contributed by atoms with Gasteiger partial charge in [0.2, 0.25) is 5.91 Å². The average Bonchev–Trinajstić information content (AvgIpc) is 2.59. The zero-order chi connectivity index (χ0) is 19.1. The van der Waals surface area contributed by atoms with Gasteiger partial charge in [0.25, 0.3) is 5.91 Å². The Morgan fingerprint density at radius 1 is 1.15 bits per heavy atom. The highest BCUT2D eigenvalue weighted by atomic mass is 16.5. The van der Waals surface area contributed by atoms with Crippen molar-refractivity contribution >= 4 is 17.6 Å². The number of ketones is 1. The number of Topliss-reactive ketones (excluding diaryl/α,β-unsaturated/α-hetero) is 1. The number of hydrogen-bond donors (Lipinski definition) is 1. The van der Waals surface area contributed by atoms with E-state index >= 15 is 0 Å². The predicted molar refractivity (Wildman–Crippen MR) is 99.1 cm³/mol. The van der Waals surface area contributed by atoms with E-state index in [0.29, 0.717) is 13.1 Å². The number of amides is 2. The number of nitrogens with one attached hydrogen (secondary N) is 1. The second-order valence-electron chi connectivity index (χ2n) is 6.98. The van der Waals surface area contributed by atoms with Crippen LogP contribution in [0.25, 0.3) is 0 Å². The van der Waals surface area contributed by atoms with Gasteiger partial charge in [-0.1, -0.05) is 17.7 Å². The van der Waals surface area contributed by atoms with Crippen LogP contribution in [0.1, 0.15) is 43.7 Å². The normalized spacial score (nSPS) is 14.8. The molecule has 0 aromatic heterocycles. The Bertz CT molecular complexity index is 664. The minimum atomic E-state index is -0.0943. The molecule has 2 rings (SSSR count). The van der Waals surface area contributed by atoms with Crippen LogP contribution in [-0.2, 0) is 14.4 Å². The molecule has 1 heterocycles. The zero-order valence-corrected chi connectivity index (χ0v) is 15.8. The number of rotatable bonds is 7. The Kier molecular flexibility index (Phi) is 7.18. The fourth-order valence-corrected chi connectivity index (χ4v) is 3.05. The van der Waals surface area contributed by atoms with Crippen LogP contribution in [0.4, 0.5) is 0 Å². The molecular formula is C20H28N2O4. The van der Waals surface area contributed by atoms with Crippen molar-refractivity contribution in [3.63, 3.8) is 0 Å². The van der Waals surface area contributed by atoms with Gasteiger partial charge < -0.3 is 19.7 Å². The number of ether oxygens (including phenoxy) is 1. The number of benzene rings is 1. The largest absolute Gasteiger partial charge is 0.484 e. The van der Waals surface area contributed by atoms with E-state index in [1.54, 1.807) is 4.90 Å². The molecular weight excluding hydrogens is 332 g/mol. The van der Waals surface area contributed by atoms with Gasteiger partial charge in [-0.3, -0.25) is 9.59 Å². The molecule has 6 heteroatoms. The van der Waals surface area contributed by atoms with Crippen LogP contribution in [0.15, 0.2) is 18.2 Å². The van der Waals surface area contributed by atoms with Gasteiger partial charge >= 0.3 is 0 Å². The lowest BCUT2D eigenvalue weighted by molar-refractivity contribution is -0.134. The quantitative estimate of drug-likeness (QED) is 0.808. The summed E-state index contributed by atoms with van der Waals surface area (Å²) >= 11 is 0. The summed E-state index contributed by atoms with van der Waals surface area (Å²) in [7, 11) is 0. The molecule has 0 atom stereocenters. The van der Waals surface area contributed by atoms with Crippen LogP contribution in [-0.4, -0.2) is 48.2 Å². The van der Waals surface area contributed by atoms with Gasteiger partial charge in [-0.15, -0.1) is 0 Å². The number of carbonyl (C=O) groups excluding carboxylic acids is 3. The van der Waals surface area contributed by atoms with Crippen molar-refractivity contribution in [3.05, 3.63) is 29.3 Å². The van der Waals surface area contributed by atoms with Crippen LogP contribution in [0.5, 0.6) is 5.75 Å². The summed E-state index contributed by atoms with van der Waals surface area (Å²) < 4.78 is 5.66. The summed E-state index contributed by atoms with van der Waals surface area (Å²) in [6, 6.07) is 5.95. The van der Waals surface area contributed by atoms with E-state index in [0.717, 1.165) is 29.7 Å². The summed E-state index contributed by atoms with van der Waals surface area (Å²) in [5.41, 5.74) is 2.18. The standard InChI is InChI=1S/C20H28N2O4/c1-14-4-6-18(15(2)12-14)26-13-20(25)22-10-8-17(9-11-22)21-19(24)7-5-16(3)23/h4,6,12,17H,5,7-11,13H2,1-3H3,(H,21,24). The van der Waals surface area contributed by atoms with E-state index in [1.165, 1.54) is 6.92 Å². The summed E-state index contributed by atoms with van der Waals surface area (Å²) in [4.78, 5) is 36.8. The highest BCUT2D eigenvalue weighted by Gasteiger charge is 2.24. The summed E-state index contributed by atoms with van der Waals surface area (Å²) in [5, 5.41) is 2.94. The molecule has 1 aromatic carbocycles. The van der Waals surface area contributed by atoms with Crippen molar-refractivity contribution in [1.29, 1.82) is 0 Å². The molecule has 1 aliphatic heterocycles. The van der Waals surface area contributed by atoms with Crippen LogP contribution < -0.4 is 10.1 Å². The minimum absolute atomic E-state index is 0.0179. The first-order chi connectivity index (χ1) is 12.3. The van der Waals surface area contributed by atoms with Gasteiger partial charge in [0.1, 0.15) is 11.5 Å². The molecule has 0 radical (unpaired) electrons. The van der Waals surface area contributed by atoms with E-state index < -0.39 is 0 Å². The Morgan fingerprint density at radius 3 is 2.46 bits per heavy atom. The number of aryl methyl sites for hydroxylation is 2. The molecule has 1 aromatic rings. The Hall–Kier alpha value is -2.37. The second-order valence-corrected chi connectivity index (χ2v) is 6.98. The summed E-state index contributed by atoms with van der Waals surface area (Å²) in [6.45, 7) is 6.70. The van der Waals surface area contributed by atoms with Gasteiger partial charge in [-0.25, -0.2) is 0 Å². The molecule has 1 N–H and O–H groups in total. The van der Waals surface area contributed by atoms with Gasteiger partial charge in [0, 0.05) is 32.0 Å². The lowest BCUT2D eigenvalue weighted by Gasteiger charge is -2.32. The van der Waals surface area contributed by atoms with Crippen LogP contribution in [0, 0.1) is 13.8 Å². The van der Waals surface area contributed by atoms with Crippen LogP contribution >= 0.6 is 0 Å².